The molecular weight excluding hydrogens is 372 g/mol. The van der Waals surface area contributed by atoms with E-state index in [2.05, 4.69) is 5.32 Å². The molecule has 28 heavy (non-hydrogen) atoms. The Kier molecular flexibility index (Phi) is 5.91. The van der Waals surface area contributed by atoms with Crippen LogP contribution in [0.4, 0.5) is 0 Å². The molecule has 1 saturated heterocycles. The van der Waals surface area contributed by atoms with E-state index in [9.17, 15) is 13.2 Å². The number of benzene rings is 2. The van der Waals surface area contributed by atoms with Crippen molar-refractivity contribution in [1.82, 2.24) is 9.62 Å². The quantitative estimate of drug-likeness (QED) is 0.836. The number of rotatable bonds is 5. The number of nitrogens with zero attached hydrogens (tertiary/aromatic N) is 1. The molecule has 5 nitrogen and oxygen atoms in total. The minimum Gasteiger partial charge on any atom is -0.352 e. The van der Waals surface area contributed by atoms with Crippen molar-refractivity contribution in [3.05, 3.63) is 65.2 Å². The number of aryl methyl sites for hydroxylation is 2. The highest BCUT2D eigenvalue weighted by molar-refractivity contribution is 7.89. The Morgan fingerprint density at radius 2 is 1.86 bits per heavy atom. The molecule has 6 heteroatoms. The molecule has 150 valence electrons. The van der Waals surface area contributed by atoms with E-state index in [1.165, 1.54) is 4.31 Å². The number of carbonyl (C=O) groups is 1. The molecule has 1 aliphatic rings. The lowest BCUT2D eigenvalue weighted by Crippen LogP contribution is -2.51. The maximum Gasteiger partial charge on any atom is 0.243 e. The monoisotopic (exact) mass is 400 g/mol. The van der Waals surface area contributed by atoms with Gasteiger partial charge >= 0.3 is 0 Å². The molecule has 0 saturated carbocycles. The summed E-state index contributed by atoms with van der Waals surface area (Å²) in [5.74, 6) is -0.0998. The van der Waals surface area contributed by atoms with E-state index in [1.54, 1.807) is 6.07 Å². The third kappa shape index (κ3) is 4.28. The predicted molar refractivity (Wildman–Crippen MR) is 110 cm³/mol. The fourth-order valence-corrected chi connectivity index (χ4v) is 5.61. The molecule has 0 radical (unpaired) electrons. The predicted octanol–water partition coefficient (Wildman–Crippen LogP) is 3.41. The second kappa shape index (κ2) is 8.05. The zero-order chi connectivity index (χ0) is 20.4. The van der Waals surface area contributed by atoms with Crippen molar-refractivity contribution in [2.45, 2.75) is 45.1 Å². The largest absolute Gasteiger partial charge is 0.352 e. The first-order valence-electron chi connectivity index (χ1n) is 9.62. The van der Waals surface area contributed by atoms with Gasteiger partial charge in [-0.05, 0) is 56.4 Å². The van der Waals surface area contributed by atoms with Gasteiger partial charge in [-0.25, -0.2) is 8.42 Å². The summed E-state index contributed by atoms with van der Waals surface area (Å²) in [7, 11) is -3.63. The fourth-order valence-electron chi connectivity index (χ4n) is 3.70. The van der Waals surface area contributed by atoms with Crippen LogP contribution in [0.3, 0.4) is 0 Å². The van der Waals surface area contributed by atoms with Crippen LogP contribution in [0, 0.1) is 19.3 Å². The number of carbonyl (C=O) groups excluding carboxylic acids is 1. The van der Waals surface area contributed by atoms with Crippen molar-refractivity contribution in [3.63, 3.8) is 0 Å². The molecule has 1 atom stereocenters. The average molecular weight is 401 g/mol. The van der Waals surface area contributed by atoms with E-state index in [1.807, 2.05) is 63.2 Å². The average Bonchev–Trinajstić information content (AvgIpc) is 2.68. The molecule has 0 aromatic heterocycles. The minimum absolute atomic E-state index is 0.0998. The maximum atomic E-state index is 13.2. The van der Waals surface area contributed by atoms with Crippen LogP contribution in [-0.2, 0) is 21.4 Å². The molecule has 1 unspecified atom stereocenters. The second-order valence-corrected chi connectivity index (χ2v) is 9.85. The van der Waals surface area contributed by atoms with E-state index >= 15 is 0 Å². The van der Waals surface area contributed by atoms with Crippen LogP contribution < -0.4 is 5.32 Å². The smallest absolute Gasteiger partial charge is 0.243 e. The summed E-state index contributed by atoms with van der Waals surface area (Å²) in [6, 6.07) is 15.2. The summed E-state index contributed by atoms with van der Waals surface area (Å²) < 4.78 is 28.0. The molecule has 1 fully saturated rings. The lowest BCUT2D eigenvalue weighted by molar-refractivity contribution is -0.132. The van der Waals surface area contributed by atoms with Crippen LogP contribution in [-0.4, -0.2) is 31.7 Å². The third-order valence-electron chi connectivity index (χ3n) is 5.47. The molecule has 1 heterocycles. The Morgan fingerprint density at radius 3 is 2.57 bits per heavy atom. The van der Waals surface area contributed by atoms with Gasteiger partial charge in [-0.15, -0.1) is 0 Å². The van der Waals surface area contributed by atoms with Crippen LogP contribution in [0.2, 0.25) is 0 Å². The van der Waals surface area contributed by atoms with Crippen LogP contribution in [0.15, 0.2) is 53.4 Å². The van der Waals surface area contributed by atoms with Crippen LogP contribution in [0.1, 0.15) is 36.5 Å². The van der Waals surface area contributed by atoms with Gasteiger partial charge in [0.1, 0.15) is 0 Å². The number of hydrogen-bond acceptors (Lipinski definition) is 3. The summed E-state index contributed by atoms with van der Waals surface area (Å²) in [6.07, 6.45) is 1.34. The first-order chi connectivity index (χ1) is 13.2. The van der Waals surface area contributed by atoms with Gasteiger partial charge in [0.15, 0.2) is 0 Å². The fraction of sp³-hybridized carbons (Fsp3) is 0.409. The summed E-state index contributed by atoms with van der Waals surface area (Å²) in [5.41, 5.74) is 1.92. The van der Waals surface area contributed by atoms with Gasteiger partial charge in [0.25, 0.3) is 0 Å². The standard InChI is InChI=1S/C22H28N2O3S/c1-17-10-11-18(2)20(14-17)28(26,27)24-13-7-12-22(3,16-24)21(25)23-15-19-8-5-4-6-9-19/h4-6,8-11,14H,7,12-13,15-16H2,1-3H3,(H,23,25). The Hall–Kier alpha value is -2.18. The van der Waals surface area contributed by atoms with Crippen molar-refractivity contribution in [3.8, 4) is 0 Å². The van der Waals surface area contributed by atoms with Gasteiger partial charge < -0.3 is 5.32 Å². The highest BCUT2D eigenvalue weighted by atomic mass is 32.2. The van der Waals surface area contributed by atoms with Gasteiger partial charge in [-0.2, -0.15) is 4.31 Å². The molecule has 1 aliphatic heterocycles. The first kappa shape index (κ1) is 20.6. The summed E-state index contributed by atoms with van der Waals surface area (Å²) in [6.45, 7) is 6.63. The lowest BCUT2D eigenvalue weighted by atomic mass is 9.82. The van der Waals surface area contributed by atoms with E-state index < -0.39 is 15.4 Å². The highest BCUT2D eigenvalue weighted by Crippen LogP contribution is 2.33. The normalized spacial score (nSPS) is 20.7. The molecular formula is C22H28N2O3S. The number of hydrogen-bond donors (Lipinski definition) is 1. The molecule has 1 N–H and O–H groups in total. The second-order valence-electron chi connectivity index (χ2n) is 7.94. The van der Waals surface area contributed by atoms with E-state index in [0.29, 0.717) is 30.8 Å². The molecule has 1 amide bonds. The number of nitrogens with one attached hydrogen (secondary N) is 1. The zero-order valence-electron chi connectivity index (χ0n) is 16.7. The van der Waals surface area contributed by atoms with Crippen molar-refractivity contribution in [1.29, 1.82) is 0 Å². The van der Waals surface area contributed by atoms with Crippen molar-refractivity contribution in [2.24, 2.45) is 5.41 Å². The minimum atomic E-state index is -3.63. The number of sulfonamides is 1. The van der Waals surface area contributed by atoms with Gasteiger partial charge in [0.05, 0.1) is 10.3 Å². The molecule has 0 spiro atoms. The topological polar surface area (TPSA) is 66.5 Å². The van der Waals surface area contributed by atoms with Crippen LogP contribution >= 0.6 is 0 Å². The Labute approximate surface area is 167 Å². The third-order valence-corrected chi connectivity index (χ3v) is 7.45. The SMILES string of the molecule is Cc1ccc(C)c(S(=O)(=O)N2CCCC(C)(C(=O)NCc3ccccc3)C2)c1. The zero-order valence-corrected chi connectivity index (χ0v) is 17.6. The maximum absolute atomic E-state index is 13.2. The molecule has 2 aromatic carbocycles. The Bertz CT molecular complexity index is 957. The van der Waals surface area contributed by atoms with Crippen molar-refractivity contribution in [2.75, 3.05) is 13.1 Å². The molecule has 3 rings (SSSR count). The number of piperidine rings is 1. The summed E-state index contributed by atoms with van der Waals surface area (Å²) in [4.78, 5) is 13.2. The molecule has 2 aromatic rings. The Morgan fingerprint density at radius 1 is 1.14 bits per heavy atom. The van der Waals surface area contributed by atoms with Gasteiger partial charge in [0.2, 0.25) is 15.9 Å². The van der Waals surface area contributed by atoms with E-state index in [4.69, 9.17) is 0 Å². The lowest BCUT2D eigenvalue weighted by Gasteiger charge is -2.38. The first-order valence-corrected chi connectivity index (χ1v) is 11.1. The van der Waals surface area contributed by atoms with Gasteiger partial charge in [-0.3, -0.25) is 4.79 Å². The Balaban J connectivity index is 1.76. The summed E-state index contributed by atoms with van der Waals surface area (Å²) >= 11 is 0. The van der Waals surface area contributed by atoms with Crippen molar-refractivity contribution >= 4 is 15.9 Å². The van der Waals surface area contributed by atoms with Gasteiger partial charge in [-0.1, -0.05) is 42.5 Å². The van der Waals surface area contributed by atoms with E-state index in [-0.39, 0.29) is 12.5 Å². The molecule has 0 bridgehead atoms. The summed E-state index contributed by atoms with van der Waals surface area (Å²) in [5, 5.41) is 2.98. The highest BCUT2D eigenvalue weighted by Gasteiger charge is 2.42. The van der Waals surface area contributed by atoms with Crippen molar-refractivity contribution < 1.29 is 13.2 Å². The number of amides is 1. The van der Waals surface area contributed by atoms with Crippen LogP contribution in [0.25, 0.3) is 0 Å². The van der Waals surface area contributed by atoms with E-state index in [0.717, 1.165) is 16.7 Å². The van der Waals surface area contributed by atoms with Gasteiger partial charge in [0, 0.05) is 19.6 Å². The molecule has 0 aliphatic carbocycles. The van der Waals surface area contributed by atoms with Crippen LogP contribution in [0.5, 0.6) is 0 Å².